The largest absolute Gasteiger partial charge is 0.360 e. The molecule has 1 amide bonds. The number of nitrogens with zero attached hydrogens (tertiary/aromatic N) is 1. The smallest absolute Gasteiger partial charge is 0.238 e. The predicted molar refractivity (Wildman–Crippen MR) is 87.8 cm³/mol. The summed E-state index contributed by atoms with van der Waals surface area (Å²) in [4.78, 5) is 12.4. The van der Waals surface area contributed by atoms with Gasteiger partial charge in [0.05, 0.1) is 5.25 Å². The van der Waals surface area contributed by atoms with Gasteiger partial charge in [-0.1, -0.05) is 5.16 Å². The molecule has 4 fully saturated rings. The van der Waals surface area contributed by atoms with Crippen molar-refractivity contribution in [2.75, 3.05) is 5.32 Å². The van der Waals surface area contributed by atoms with Gasteiger partial charge in [0.15, 0.2) is 5.82 Å². The fraction of sp³-hybridized carbons (Fsp3) is 0.765. The maximum Gasteiger partial charge on any atom is 0.238 e. The summed E-state index contributed by atoms with van der Waals surface area (Å²) in [6, 6.07) is 1.76. The molecule has 1 atom stereocenters. The number of nitrogens with one attached hydrogen (secondary N) is 1. The first-order chi connectivity index (χ1) is 10.5. The van der Waals surface area contributed by atoms with Gasteiger partial charge in [-0.25, -0.2) is 0 Å². The van der Waals surface area contributed by atoms with Crippen LogP contribution in [0, 0.1) is 24.7 Å². The lowest BCUT2D eigenvalue weighted by molar-refractivity contribution is -0.115. The van der Waals surface area contributed by atoms with E-state index in [9.17, 15) is 4.79 Å². The van der Waals surface area contributed by atoms with Gasteiger partial charge in [-0.15, -0.1) is 11.8 Å². The number of anilines is 1. The molecular formula is C17H24N2O2S. The molecule has 4 saturated carbocycles. The minimum Gasteiger partial charge on any atom is -0.360 e. The third-order valence-corrected chi connectivity index (χ3v) is 7.22. The maximum atomic E-state index is 12.4. The van der Waals surface area contributed by atoms with Crippen molar-refractivity contribution in [2.24, 2.45) is 17.8 Å². The summed E-state index contributed by atoms with van der Waals surface area (Å²) in [6.07, 6.45) is 8.30. The van der Waals surface area contributed by atoms with E-state index in [1.807, 2.05) is 25.6 Å². The highest BCUT2D eigenvalue weighted by atomic mass is 32.2. The molecule has 0 unspecified atom stereocenters. The van der Waals surface area contributed by atoms with E-state index in [2.05, 4.69) is 10.5 Å². The topological polar surface area (TPSA) is 55.1 Å². The highest BCUT2D eigenvalue weighted by Gasteiger charge is 2.52. The second kappa shape index (κ2) is 5.29. The number of rotatable bonds is 4. The van der Waals surface area contributed by atoms with Crippen molar-refractivity contribution < 1.29 is 9.32 Å². The fourth-order valence-corrected chi connectivity index (χ4v) is 7.17. The van der Waals surface area contributed by atoms with Crippen molar-refractivity contribution in [3.8, 4) is 0 Å². The van der Waals surface area contributed by atoms with Gasteiger partial charge in [-0.05, 0) is 70.1 Å². The molecule has 22 heavy (non-hydrogen) atoms. The summed E-state index contributed by atoms with van der Waals surface area (Å²) < 4.78 is 5.37. The van der Waals surface area contributed by atoms with Crippen LogP contribution in [-0.2, 0) is 4.79 Å². The summed E-state index contributed by atoms with van der Waals surface area (Å²) in [6.45, 7) is 3.86. The highest BCUT2D eigenvalue weighted by molar-refractivity contribution is 8.01. The van der Waals surface area contributed by atoms with Crippen LogP contribution in [0.15, 0.2) is 10.6 Å². The standard InChI is InChI=1S/C17H24N2O2S/c1-10-3-15(19-21-10)18-16(20)11(2)22-17-7-12-4-13(8-17)6-14(5-12)9-17/h3,11-14H,4-9H2,1-2H3,(H,18,19,20)/t11-,12?,13?,14?,17?/m0/s1. The molecule has 0 saturated heterocycles. The number of thioether (sulfide) groups is 1. The van der Waals surface area contributed by atoms with Gasteiger partial charge in [0.25, 0.3) is 0 Å². The SMILES string of the molecule is Cc1cc(NC(=O)[C@H](C)SC23CC4CC(CC(C4)C2)C3)no1. The van der Waals surface area contributed by atoms with Gasteiger partial charge >= 0.3 is 0 Å². The molecule has 1 aromatic rings. The number of hydrogen-bond donors (Lipinski definition) is 1. The third-order valence-electron chi connectivity index (χ3n) is 5.66. The van der Waals surface area contributed by atoms with Gasteiger partial charge < -0.3 is 9.84 Å². The second-order valence-electron chi connectivity index (χ2n) is 7.67. The van der Waals surface area contributed by atoms with Crippen molar-refractivity contribution in [1.29, 1.82) is 0 Å². The third kappa shape index (κ3) is 2.68. The zero-order valence-electron chi connectivity index (χ0n) is 13.3. The first-order valence-corrected chi connectivity index (χ1v) is 9.31. The Morgan fingerprint density at radius 1 is 1.32 bits per heavy atom. The molecule has 0 aromatic carbocycles. The van der Waals surface area contributed by atoms with Crippen LogP contribution in [0.3, 0.4) is 0 Å². The van der Waals surface area contributed by atoms with Crippen LogP contribution in [-0.4, -0.2) is 21.1 Å². The van der Waals surface area contributed by atoms with Crippen LogP contribution in [0.4, 0.5) is 5.82 Å². The van der Waals surface area contributed by atoms with E-state index in [-0.39, 0.29) is 11.2 Å². The lowest BCUT2D eigenvalue weighted by Gasteiger charge is -2.56. The Morgan fingerprint density at radius 2 is 1.91 bits per heavy atom. The van der Waals surface area contributed by atoms with Gasteiger partial charge in [0.2, 0.25) is 5.91 Å². The first kappa shape index (κ1) is 14.6. The lowest BCUT2D eigenvalue weighted by atomic mass is 9.56. The van der Waals surface area contributed by atoms with Gasteiger partial charge in [-0.3, -0.25) is 4.79 Å². The van der Waals surface area contributed by atoms with Crippen LogP contribution >= 0.6 is 11.8 Å². The minimum atomic E-state index is -0.0340. The summed E-state index contributed by atoms with van der Waals surface area (Å²) >= 11 is 1.92. The van der Waals surface area contributed by atoms with Crippen LogP contribution in [0.2, 0.25) is 0 Å². The van der Waals surface area contributed by atoms with Crippen LogP contribution in [0.5, 0.6) is 0 Å². The quantitative estimate of drug-likeness (QED) is 0.910. The summed E-state index contributed by atoms with van der Waals surface area (Å²) in [5, 5.41) is 6.69. The molecule has 0 radical (unpaired) electrons. The highest BCUT2D eigenvalue weighted by Crippen LogP contribution is 2.61. The minimum absolute atomic E-state index is 0.0340. The Labute approximate surface area is 135 Å². The summed E-state index contributed by atoms with van der Waals surface area (Å²) in [7, 11) is 0. The number of aryl methyl sites for hydroxylation is 1. The number of carbonyl (C=O) groups is 1. The lowest BCUT2D eigenvalue weighted by Crippen LogP contribution is -2.49. The molecule has 120 valence electrons. The van der Waals surface area contributed by atoms with Gasteiger partial charge in [-0.2, -0.15) is 0 Å². The van der Waals surface area contributed by atoms with Crippen molar-refractivity contribution in [1.82, 2.24) is 5.16 Å². The van der Waals surface area contributed by atoms with Crippen molar-refractivity contribution in [3.63, 3.8) is 0 Å². The Bertz CT molecular complexity index is 548. The number of aromatic nitrogens is 1. The molecule has 1 heterocycles. The molecule has 5 heteroatoms. The van der Waals surface area contributed by atoms with Crippen molar-refractivity contribution >= 4 is 23.5 Å². The molecule has 1 N–H and O–H groups in total. The zero-order valence-corrected chi connectivity index (χ0v) is 14.1. The van der Waals surface area contributed by atoms with E-state index in [4.69, 9.17) is 4.52 Å². The van der Waals surface area contributed by atoms with E-state index in [0.29, 0.717) is 10.6 Å². The first-order valence-electron chi connectivity index (χ1n) is 8.43. The summed E-state index contributed by atoms with van der Waals surface area (Å²) in [5.41, 5.74) is 0. The van der Waals surface area contributed by atoms with Crippen molar-refractivity contribution in [2.45, 2.75) is 62.4 Å². The fourth-order valence-electron chi connectivity index (χ4n) is 5.26. The van der Waals surface area contributed by atoms with E-state index in [1.165, 1.54) is 38.5 Å². The molecule has 4 aliphatic rings. The van der Waals surface area contributed by atoms with Crippen LogP contribution < -0.4 is 5.32 Å². The van der Waals surface area contributed by atoms with E-state index < -0.39 is 0 Å². The molecule has 4 aliphatic carbocycles. The average Bonchev–Trinajstić information content (AvgIpc) is 2.81. The maximum absolute atomic E-state index is 12.4. The Morgan fingerprint density at radius 3 is 2.41 bits per heavy atom. The van der Waals surface area contributed by atoms with Gasteiger partial charge in [0.1, 0.15) is 5.76 Å². The Hall–Kier alpha value is -0.970. The van der Waals surface area contributed by atoms with E-state index in [0.717, 1.165) is 23.5 Å². The monoisotopic (exact) mass is 320 g/mol. The number of carbonyl (C=O) groups excluding carboxylic acids is 1. The number of amides is 1. The average molecular weight is 320 g/mol. The van der Waals surface area contributed by atoms with Gasteiger partial charge in [0, 0.05) is 10.8 Å². The van der Waals surface area contributed by atoms with Crippen LogP contribution in [0.25, 0.3) is 0 Å². The Kier molecular flexibility index (Phi) is 3.51. The Balaban J connectivity index is 1.41. The zero-order chi connectivity index (χ0) is 15.3. The summed E-state index contributed by atoms with van der Waals surface area (Å²) in [5.74, 6) is 4.07. The molecule has 0 aliphatic heterocycles. The molecule has 1 aromatic heterocycles. The predicted octanol–water partition coefficient (Wildman–Crippen LogP) is 4.01. The molecule has 5 rings (SSSR count). The second-order valence-corrected chi connectivity index (χ2v) is 9.48. The molecule has 0 spiro atoms. The van der Waals surface area contributed by atoms with Crippen molar-refractivity contribution in [3.05, 3.63) is 11.8 Å². The van der Waals surface area contributed by atoms with E-state index >= 15 is 0 Å². The van der Waals surface area contributed by atoms with Crippen LogP contribution in [0.1, 0.15) is 51.2 Å². The molecule has 4 nitrogen and oxygen atoms in total. The van der Waals surface area contributed by atoms with E-state index in [1.54, 1.807) is 6.07 Å². The molecule has 4 bridgehead atoms. The normalized spacial score (nSPS) is 37.3. The number of hydrogen-bond acceptors (Lipinski definition) is 4. The molecular weight excluding hydrogens is 296 g/mol.